The molecule has 0 unspecified atom stereocenters. The Morgan fingerprint density at radius 2 is 1.89 bits per heavy atom. The van der Waals surface area contributed by atoms with Crippen LogP contribution in [0.25, 0.3) is 0 Å². The zero-order chi connectivity index (χ0) is 13.2. The largest absolute Gasteiger partial charge is 0.494 e. The summed E-state index contributed by atoms with van der Waals surface area (Å²) in [6.45, 7) is 2.75. The second kappa shape index (κ2) is 8.98. The Morgan fingerprint density at radius 1 is 1.17 bits per heavy atom. The number of carbonyl (C=O) groups excluding carboxylic acids is 1. The minimum absolute atomic E-state index is 0.218. The molecule has 3 heteroatoms. The average Bonchev–Trinajstić information content (AvgIpc) is 2.40. The van der Waals surface area contributed by atoms with Crippen LogP contribution in [0.2, 0.25) is 0 Å². The molecule has 0 radical (unpaired) electrons. The Morgan fingerprint density at radius 3 is 2.50 bits per heavy atom. The van der Waals surface area contributed by atoms with E-state index in [1.807, 2.05) is 24.3 Å². The number of hydrogen-bond acceptors (Lipinski definition) is 2. The van der Waals surface area contributed by atoms with Crippen LogP contribution in [0.3, 0.4) is 0 Å². The van der Waals surface area contributed by atoms with Crippen molar-refractivity contribution >= 4 is 17.4 Å². The first-order chi connectivity index (χ1) is 8.77. The lowest BCUT2D eigenvalue weighted by Crippen LogP contribution is -2.00. The molecule has 0 aliphatic heterocycles. The summed E-state index contributed by atoms with van der Waals surface area (Å²) >= 11 is 5.57. The highest BCUT2D eigenvalue weighted by atomic mass is 35.5. The molecule has 1 aromatic carbocycles. The SMILES string of the molecule is CCCCCC(=O)c1ccc(OCCCCl)cc1. The summed E-state index contributed by atoms with van der Waals surface area (Å²) in [5, 5.41) is 0. The van der Waals surface area contributed by atoms with Crippen LogP contribution < -0.4 is 4.74 Å². The van der Waals surface area contributed by atoms with Gasteiger partial charge in [-0.1, -0.05) is 19.8 Å². The number of Topliss-reactive ketones (excluding diaryl/α,β-unsaturated/α-hetero) is 1. The zero-order valence-electron chi connectivity index (χ0n) is 11.0. The second-order valence-corrected chi connectivity index (χ2v) is 4.67. The molecule has 1 rings (SSSR count). The van der Waals surface area contributed by atoms with Crippen LogP contribution in [0.5, 0.6) is 5.75 Å². The summed E-state index contributed by atoms with van der Waals surface area (Å²) in [5.41, 5.74) is 0.774. The molecule has 0 bridgehead atoms. The summed E-state index contributed by atoms with van der Waals surface area (Å²) in [4.78, 5) is 11.8. The molecule has 0 aliphatic carbocycles. The number of ether oxygens (including phenoxy) is 1. The van der Waals surface area contributed by atoms with Crippen molar-refractivity contribution in [2.75, 3.05) is 12.5 Å². The van der Waals surface area contributed by atoms with Gasteiger partial charge in [0, 0.05) is 17.9 Å². The Bertz CT molecular complexity index is 346. The molecule has 0 saturated carbocycles. The molecule has 1 aromatic rings. The monoisotopic (exact) mass is 268 g/mol. The number of rotatable bonds is 9. The van der Waals surface area contributed by atoms with Crippen molar-refractivity contribution in [2.45, 2.75) is 39.0 Å². The minimum atomic E-state index is 0.218. The maximum absolute atomic E-state index is 11.8. The van der Waals surface area contributed by atoms with Gasteiger partial charge in [-0.2, -0.15) is 0 Å². The van der Waals surface area contributed by atoms with E-state index >= 15 is 0 Å². The van der Waals surface area contributed by atoms with E-state index in [2.05, 4.69) is 6.92 Å². The van der Waals surface area contributed by atoms with E-state index in [4.69, 9.17) is 16.3 Å². The van der Waals surface area contributed by atoms with Gasteiger partial charge in [0.25, 0.3) is 0 Å². The van der Waals surface area contributed by atoms with E-state index < -0.39 is 0 Å². The molecule has 0 aromatic heterocycles. The van der Waals surface area contributed by atoms with E-state index in [1.54, 1.807) is 0 Å². The molecular formula is C15H21ClO2. The van der Waals surface area contributed by atoms with Gasteiger partial charge in [-0.05, 0) is 37.1 Å². The first-order valence-corrected chi connectivity index (χ1v) is 7.13. The third-order valence-electron chi connectivity index (χ3n) is 2.73. The number of alkyl halides is 1. The first-order valence-electron chi connectivity index (χ1n) is 6.60. The number of halogens is 1. The number of hydrogen-bond donors (Lipinski definition) is 0. The number of carbonyl (C=O) groups is 1. The van der Waals surface area contributed by atoms with Gasteiger partial charge in [0.05, 0.1) is 6.61 Å². The maximum Gasteiger partial charge on any atom is 0.162 e. The molecular weight excluding hydrogens is 248 g/mol. The topological polar surface area (TPSA) is 26.3 Å². The Hall–Kier alpha value is -1.02. The maximum atomic E-state index is 11.8. The predicted octanol–water partition coefficient (Wildman–Crippen LogP) is 4.46. The van der Waals surface area contributed by atoms with Crippen molar-refractivity contribution in [3.8, 4) is 5.75 Å². The number of ketones is 1. The van der Waals surface area contributed by atoms with Gasteiger partial charge in [-0.25, -0.2) is 0 Å². The molecule has 0 saturated heterocycles. The highest BCUT2D eigenvalue weighted by molar-refractivity contribution is 6.17. The first kappa shape index (κ1) is 15.0. The molecule has 0 spiro atoms. The van der Waals surface area contributed by atoms with Crippen LogP contribution in [-0.2, 0) is 0 Å². The molecule has 0 fully saturated rings. The highest BCUT2D eigenvalue weighted by Crippen LogP contribution is 2.15. The van der Waals surface area contributed by atoms with Gasteiger partial charge in [-0.15, -0.1) is 11.6 Å². The summed E-state index contributed by atoms with van der Waals surface area (Å²) in [5.74, 6) is 1.62. The summed E-state index contributed by atoms with van der Waals surface area (Å²) < 4.78 is 5.48. The smallest absolute Gasteiger partial charge is 0.162 e. The Kier molecular flexibility index (Phi) is 7.51. The molecule has 0 heterocycles. The van der Waals surface area contributed by atoms with Gasteiger partial charge >= 0.3 is 0 Å². The molecule has 2 nitrogen and oxygen atoms in total. The van der Waals surface area contributed by atoms with Crippen LogP contribution in [0.15, 0.2) is 24.3 Å². The molecule has 100 valence electrons. The van der Waals surface area contributed by atoms with E-state index in [1.165, 1.54) is 0 Å². The Labute approximate surface area is 114 Å². The van der Waals surface area contributed by atoms with Crippen molar-refractivity contribution in [2.24, 2.45) is 0 Å². The standard InChI is InChI=1S/C15H21ClO2/c1-2-3-4-6-15(17)13-7-9-14(10-8-13)18-12-5-11-16/h7-10H,2-6,11-12H2,1H3. The molecule has 18 heavy (non-hydrogen) atoms. The lowest BCUT2D eigenvalue weighted by molar-refractivity contribution is 0.0979. The van der Waals surface area contributed by atoms with E-state index in [0.717, 1.165) is 37.0 Å². The van der Waals surface area contributed by atoms with Gasteiger partial charge in [-0.3, -0.25) is 4.79 Å². The van der Waals surface area contributed by atoms with Crippen molar-refractivity contribution in [1.82, 2.24) is 0 Å². The Balaban J connectivity index is 2.41. The van der Waals surface area contributed by atoms with Crippen LogP contribution in [0, 0.1) is 0 Å². The van der Waals surface area contributed by atoms with Crippen LogP contribution in [-0.4, -0.2) is 18.3 Å². The predicted molar refractivity (Wildman–Crippen MR) is 75.7 cm³/mol. The number of unbranched alkanes of at least 4 members (excludes halogenated alkanes) is 2. The van der Waals surface area contributed by atoms with Crippen molar-refractivity contribution < 1.29 is 9.53 Å². The normalized spacial score (nSPS) is 10.3. The number of benzene rings is 1. The summed E-state index contributed by atoms with van der Waals surface area (Å²) in [7, 11) is 0. The van der Waals surface area contributed by atoms with Crippen molar-refractivity contribution in [1.29, 1.82) is 0 Å². The van der Waals surface area contributed by atoms with Gasteiger partial charge in [0.15, 0.2) is 5.78 Å². The molecule has 0 aliphatic rings. The molecule has 0 amide bonds. The van der Waals surface area contributed by atoms with E-state index in [-0.39, 0.29) is 5.78 Å². The highest BCUT2D eigenvalue weighted by Gasteiger charge is 2.05. The van der Waals surface area contributed by atoms with E-state index in [9.17, 15) is 4.79 Å². The van der Waals surface area contributed by atoms with Gasteiger partial charge in [0.2, 0.25) is 0 Å². The lowest BCUT2D eigenvalue weighted by atomic mass is 10.0. The third kappa shape index (κ3) is 5.54. The fourth-order valence-electron chi connectivity index (χ4n) is 1.66. The zero-order valence-corrected chi connectivity index (χ0v) is 11.7. The van der Waals surface area contributed by atoms with Crippen LogP contribution in [0.1, 0.15) is 49.4 Å². The fourth-order valence-corrected chi connectivity index (χ4v) is 1.77. The van der Waals surface area contributed by atoms with Crippen molar-refractivity contribution in [3.63, 3.8) is 0 Å². The summed E-state index contributed by atoms with van der Waals surface area (Å²) in [6, 6.07) is 7.37. The quantitative estimate of drug-likeness (QED) is 0.376. The van der Waals surface area contributed by atoms with Crippen LogP contribution in [0.4, 0.5) is 0 Å². The van der Waals surface area contributed by atoms with Gasteiger partial charge in [0.1, 0.15) is 5.75 Å². The van der Waals surface area contributed by atoms with Crippen molar-refractivity contribution in [3.05, 3.63) is 29.8 Å². The van der Waals surface area contributed by atoms with Crippen LogP contribution >= 0.6 is 11.6 Å². The minimum Gasteiger partial charge on any atom is -0.494 e. The average molecular weight is 269 g/mol. The summed E-state index contributed by atoms with van der Waals surface area (Å²) in [6.07, 6.45) is 4.70. The third-order valence-corrected chi connectivity index (χ3v) is 3.00. The molecule has 0 atom stereocenters. The van der Waals surface area contributed by atoms with Gasteiger partial charge < -0.3 is 4.74 Å². The fraction of sp³-hybridized carbons (Fsp3) is 0.533. The lowest BCUT2D eigenvalue weighted by Gasteiger charge is -2.06. The second-order valence-electron chi connectivity index (χ2n) is 4.30. The molecule has 0 N–H and O–H groups in total. The van der Waals surface area contributed by atoms with E-state index in [0.29, 0.717) is 18.9 Å².